The van der Waals surface area contributed by atoms with E-state index in [9.17, 15) is 8.78 Å². The molecule has 2 N–H and O–H groups in total. The number of benzene rings is 1. The largest absolute Gasteiger partial charge is 0.369 e. The molecule has 4 nitrogen and oxygen atoms in total. The first-order valence-corrected chi connectivity index (χ1v) is 6.53. The molecule has 0 aliphatic carbocycles. The van der Waals surface area contributed by atoms with E-state index < -0.39 is 11.6 Å². The molecule has 20 heavy (non-hydrogen) atoms. The molecule has 2 aromatic heterocycles. The summed E-state index contributed by atoms with van der Waals surface area (Å²) in [6.07, 6.45) is 1.59. The van der Waals surface area contributed by atoms with Gasteiger partial charge in [0.25, 0.3) is 0 Å². The number of aromatic nitrogens is 3. The summed E-state index contributed by atoms with van der Waals surface area (Å²) < 4.78 is 28.8. The fourth-order valence-corrected chi connectivity index (χ4v) is 2.36. The van der Waals surface area contributed by atoms with E-state index in [2.05, 4.69) is 25.9 Å². The van der Waals surface area contributed by atoms with Gasteiger partial charge in [0, 0.05) is 12.3 Å². The summed E-state index contributed by atoms with van der Waals surface area (Å²) >= 11 is 3.03. The summed E-state index contributed by atoms with van der Waals surface area (Å²) in [6.45, 7) is 1.86. The van der Waals surface area contributed by atoms with Gasteiger partial charge in [0.1, 0.15) is 17.2 Å². The van der Waals surface area contributed by atoms with Crippen molar-refractivity contribution >= 4 is 33.0 Å². The summed E-state index contributed by atoms with van der Waals surface area (Å²) in [6, 6.07) is 3.89. The Morgan fingerprint density at radius 2 is 2.00 bits per heavy atom. The lowest BCUT2D eigenvalue weighted by atomic mass is 10.2. The van der Waals surface area contributed by atoms with E-state index in [0.717, 1.165) is 11.6 Å². The van der Waals surface area contributed by atoms with E-state index in [1.54, 1.807) is 12.3 Å². The average Bonchev–Trinajstić information content (AvgIpc) is 2.72. The van der Waals surface area contributed by atoms with Crippen LogP contribution in [0, 0.1) is 18.6 Å². The first-order chi connectivity index (χ1) is 9.49. The molecule has 0 aliphatic heterocycles. The van der Waals surface area contributed by atoms with Crippen LogP contribution in [0.4, 0.5) is 14.7 Å². The molecule has 0 fully saturated rings. The Labute approximate surface area is 121 Å². The topological polar surface area (TPSA) is 56.7 Å². The fourth-order valence-electron chi connectivity index (χ4n) is 2.03. The zero-order valence-electron chi connectivity index (χ0n) is 10.4. The maximum atomic E-state index is 14.0. The van der Waals surface area contributed by atoms with Crippen molar-refractivity contribution in [1.29, 1.82) is 0 Å². The molecule has 0 radical (unpaired) electrons. The fraction of sp³-hybridized carbons (Fsp3) is 0.0769. The zero-order chi connectivity index (χ0) is 14.4. The Bertz CT molecular complexity index is 829. The minimum atomic E-state index is -0.736. The van der Waals surface area contributed by atoms with Gasteiger partial charge in [0.05, 0.1) is 10.2 Å². The number of nitrogens with zero attached hydrogens (tertiary/aromatic N) is 3. The molecular formula is C13H9BrF2N4. The van der Waals surface area contributed by atoms with Crippen LogP contribution in [0.25, 0.3) is 16.9 Å². The van der Waals surface area contributed by atoms with E-state index in [1.807, 2.05) is 6.92 Å². The molecule has 0 bridgehead atoms. The number of fused-ring (bicyclic) bond motifs is 1. The maximum Gasteiger partial charge on any atom is 0.207 e. The Morgan fingerprint density at radius 1 is 1.25 bits per heavy atom. The molecule has 0 atom stereocenters. The molecule has 102 valence electrons. The Kier molecular flexibility index (Phi) is 2.93. The molecule has 0 aliphatic rings. The Hall–Kier alpha value is -2.02. The number of anilines is 1. The summed E-state index contributed by atoms with van der Waals surface area (Å²) in [5, 5.41) is 0. The molecule has 1 aromatic carbocycles. The number of aryl methyl sites for hydroxylation is 1. The van der Waals surface area contributed by atoms with Gasteiger partial charge in [-0.15, -0.1) is 0 Å². The predicted molar refractivity (Wildman–Crippen MR) is 75.6 cm³/mol. The van der Waals surface area contributed by atoms with Gasteiger partial charge in [-0.2, -0.15) is 0 Å². The average molecular weight is 339 g/mol. The first-order valence-electron chi connectivity index (χ1n) is 5.73. The summed E-state index contributed by atoms with van der Waals surface area (Å²) in [5.74, 6) is -1.32. The minimum absolute atomic E-state index is 0.0939. The first kappa shape index (κ1) is 13.0. The van der Waals surface area contributed by atoms with Gasteiger partial charge in [0.2, 0.25) is 5.95 Å². The van der Waals surface area contributed by atoms with E-state index in [0.29, 0.717) is 11.2 Å². The molecule has 7 heteroatoms. The van der Waals surface area contributed by atoms with Gasteiger partial charge >= 0.3 is 0 Å². The second kappa shape index (κ2) is 4.52. The molecule has 0 spiro atoms. The van der Waals surface area contributed by atoms with Crippen LogP contribution < -0.4 is 5.73 Å². The summed E-state index contributed by atoms with van der Waals surface area (Å²) in [7, 11) is 0. The van der Waals surface area contributed by atoms with Crippen molar-refractivity contribution in [3.05, 3.63) is 46.1 Å². The van der Waals surface area contributed by atoms with Crippen molar-refractivity contribution < 1.29 is 8.78 Å². The number of hydrogen-bond donors (Lipinski definition) is 1. The summed E-state index contributed by atoms with van der Waals surface area (Å²) in [4.78, 5) is 8.36. The Balaban J connectivity index is 2.38. The Morgan fingerprint density at radius 3 is 2.75 bits per heavy atom. The lowest BCUT2D eigenvalue weighted by molar-refractivity contribution is 0.574. The van der Waals surface area contributed by atoms with Gasteiger partial charge in [-0.05, 0) is 40.5 Å². The number of imidazole rings is 1. The highest BCUT2D eigenvalue weighted by atomic mass is 79.9. The number of pyridine rings is 1. The van der Waals surface area contributed by atoms with E-state index in [1.165, 1.54) is 10.6 Å². The number of hydrogen-bond acceptors (Lipinski definition) is 3. The third-order valence-corrected chi connectivity index (χ3v) is 3.61. The molecule has 0 amide bonds. The number of nitrogens with two attached hydrogens (primary N) is 1. The smallest absolute Gasteiger partial charge is 0.207 e. The highest BCUT2D eigenvalue weighted by Crippen LogP contribution is 2.28. The third-order valence-electron chi connectivity index (χ3n) is 3.00. The van der Waals surface area contributed by atoms with E-state index >= 15 is 0 Å². The van der Waals surface area contributed by atoms with Crippen molar-refractivity contribution in [2.45, 2.75) is 6.92 Å². The molecule has 2 heterocycles. The quantitative estimate of drug-likeness (QED) is 0.692. The highest BCUT2D eigenvalue weighted by Gasteiger charge is 2.17. The van der Waals surface area contributed by atoms with Gasteiger partial charge in [0.15, 0.2) is 5.65 Å². The van der Waals surface area contributed by atoms with Crippen LogP contribution >= 0.6 is 15.9 Å². The highest BCUT2D eigenvalue weighted by molar-refractivity contribution is 9.10. The van der Waals surface area contributed by atoms with E-state index in [-0.39, 0.29) is 16.1 Å². The normalized spacial score (nSPS) is 11.2. The third kappa shape index (κ3) is 1.85. The van der Waals surface area contributed by atoms with Gasteiger partial charge in [-0.3, -0.25) is 4.57 Å². The van der Waals surface area contributed by atoms with Gasteiger partial charge < -0.3 is 5.73 Å². The molecule has 3 rings (SSSR count). The number of halogens is 3. The molecule has 0 unspecified atom stereocenters. The van der Waals surface area contributed by atoms with Crippen LogP contribution in [0.2, 0.25) is 0 Å². The zero-order valence-corrected chi connectivity index (χ0v) is 11.9. The van der Waals surface area contributed by atoms with Crippen molar-refractivity contribution in [3.8, 4) is 5.69 Å². The molecular weight excluding hydrogens is 330 g/mol. The molecule has 0 saturated heterocycles. The number of rotatable bonds is 1. The number of nitrogen functional groups attached to an aromatic ring is 1. The lowest BCUT2D eigenvalue weighted by Crippen LogP contribution is -2.04. The van der Waals surface area contributed by atoms with Gasteiger partial charge in [-0.1, -0.05) is 0 Å². The van der Waals surface area contributed by atoms with Crippen LogP contribution in [-0.4, -0.2) is 14.5 Å². The van der Waals surface area contributed by atoms with Crippen LogP contribution in [0.15, 0.2) is 28.9 Å². The molecule has 0 saturated carbocycles. The second-order valence-corrected chi connectivity index (χ2v) is 5.18. The minimum Gasteiger partial charge on any atom is -0.369 e. The van der Waals surface area contributed by atoms with Crippen molar-refractivity contribution in [3.63, 3.8) is 0 Å². The SMILES string of the molecule is Cc1ccnc2c1nc(N)n2-c1cc(Br)c(F)cc1F. The van der Waals surface area contributed by atoms with Crippen molar-refractivity contribution in [1.82, 2.24) is 14.5 Å². The van der Waals surface area contributed by atoms with Crippen LogP contribution in [0.5, 0.6) is 0 Å². The van der Waals surface area contributed by atoms with Gasteiger partial charge in [-0.25, -0.2) is 18.7 Å². The second-order valence-electron chi connectivity index (χ2n) is 4.32. The monoisotopic (exact) mass is 338 g/mol. The van der Waals surface area contributed by atoms with E-state index in [4.69, 9.17) is 5.73 Å². The molecule has 3 aromatic rings. The van der Waals surface area contributed by atoms with Crippen LogP contribution in [0.3, 0.4) is 0 Å². The van der Waals surface area contributed by atoms with Crippen LogP contribution in [-0.2, 0) is 0 Å². The maximum absolute atomic E-state index is 14.0. The van der Waals surface area contributed by atoms with Crippen molar-refractivity contribution in [2.75, 3.05) is 5.73 Å². The summed E-state index contributed by atoms with van der Waals surface area (Å²) in [5.41, 5.74) is 7.84. The predicted octanol–water partition coefficient (Wildman–Crippen LogP) is 3.35. The lowest BCUT2D eigenvalue weighted by Gasteiger charge is -2.08. The van der Waals surface area contributed by atoms with Crippen LogP contribution in [0.1, 0.15) is 5.56 Å². The standard InChI is InChI=1S/C13H9BrF2N4/c1-6-2-3-18-12-11(6)19-13(17)20(12)10-4-7(14)8(15)5-9(10)16/h2-5H,1H3,(H2,17,19). The van der Waals surface area contributed by atoms with Crippen molar-refractivity contribution in [2.24, 2.45) is 0 Å².